The van der Waals surface area contributed by atoms with E-state index in [0.29, 0.717) is 29.1 Å². The van der Waals surface area contributed by atoms with E-state index in [1.54, 1.807) is 48.5 Å². The third kappa shape index (κ3) is 6.50. The molecule has 0 aliphatic heterocycles. The first kappa shape index (κ1) is 19.9. The molecular formula is C18H17BrClN3O3. The molecule has 0 heterocycles. The van der Waals surface area contributed by atoms with E-state index >= 15 is 0 Å². The van der Waals surface area contributed by atoms with Gasteiger partial charge in [-0.15, -0.1) is 0 Å². The van der Waals surface area contributed by atoms with Crippen molar-refractivity contribution >= 4 is 45.3 Å². The van der Waals surface area contributed by atoms with Crippen LogP contribution < -0.4 is 16.2 Å². The molecule has 0 unspecified atom stereocenters. The van der Waals surface area contributed by atoms with Gasteiger partial charge in [0.15, 0.2) is 0 Å². The number of nitrogens with one attached hydrogen (secondary N) is 3. The second kappa shape index (κ2) is 9.94. The normalized spacial score (nSPS) is 10.1. The molecule has 2 rings (SSSR count). The molecule has 0 fully saturated rings. The molecule has 0 aliphatic rings. The van der Waals surface area contributed by atoms with Crippen molar-refractivity contribution in [3.8, 4) is 0 Å². The molecule has 0 saturated carbocycles. The van der Waals surface area contributed by atoms with E-state index in [1.807, 2.05) is 0 Å². The van der Waals surface area contributed by atoms with E-state index in [1.165, 1.54) is 0 Å². The van der Waals surface area contributed by atoms with Crippen LogP contribution in [0.1, 0.15) is 33.6 Å². The minimum atomic E-state index is -0.401. The maximum Gasteiger partial charge on any atom is 0.269 e. The first-order chi connectivity index (χ1) is 12.5. The van der Waals surface area contributed by atoms with Gasteiger partial charge < -0.3 is 5.32 Å². The van der Waals surface area contributed by atoms with Crippen LogP contribution in [0, 0.1) is 0 Å². The van der Waals surface area contributed by atoms with E-state index in [2.05, 4.69) is 32.1 Å². The number of rotatable bonds is 6. The van der Waals surface area contributed by atoms with Crippen molar-refractivity contribution in [2.24, 2.45) is 0 Å². The van der Waals surface area contributed by atoms with Crippen molar-refractivity contribution in [2.45, 2.75) is 12.8 Å². The molecule has 3 N–H and O–H groups in total. The largest absolute Gasteiger partial charge is 0.352 e. The molecule has 6 nitrogen and oxygen atoms in total. The van der Waals surface area contributed by atoms with Gasteiger partial charge in [0.05, 0.1) is 0 Å². The van der Waals surface area contributed by atoms with Crippen molar-refractivity contribution in [1.82, 2.24) is 16.2 Å². The molecule has 0 aliphatic carbocycles. The molecule has 0 aromatic heterocycles. The maximum absolute atomic E-state index is 11.9. The average Bonchev–Trinajstić information content (AvgIpc) is 2.64. The Morgan fingerprint density at radius 1 is 0.846 bits per heavy atom. The van der Waals surface area contributed by atoms with E-state index in [-0.39, 0.29) is 18.2 Å². The first-order valence-electron chi connectivity index (χ1n) is 7.84. The Morgan fingerprint density at radius 3 is 2.08 bits per heavy atom. The van der Waals surface area contributed by atoms with E-state index in [4.69, 9.17) is 11.6 Å². The molecule has 26 heavy (non-hydrogen) atoms. The van der Waals surface area contributed by atoms with Crippen LogP contribution in [0.15, 0.2) is 53.0 Å². The molecule has 0 saturated heterocycles. The van der Waals surface area contributed by atoms with E-state index < -0.39 is 5.91 Å². The summed E-state index contributed by atoms with van der Waals surface area (Å²) in [6.45, 7) is 0.343. The van der Waals surface area contributed by atoms with Crippen LogP contribution >= 0.6 is 27.5 Å². The summed E-state index contributed by atoms with van der Waals surface area (Å²) in [5, 5.41) is 3.27. The third-order valence-electron chi connectivity index (χ3n) is 3.39. The van der Waals surface area contributed by atoms with Crippen LogP contribution in [0.4, 0.5) is 0 Å². The highest BCUT2D eigenvalue weighted by molar-refractivity contribution is 9.10. The molecule has 0 bridgehead atoms. The third-order valence-corrected chi connectivity index (χ3v) is 4.18. The number of halogens is 2. The molecule has 0 atom stereocenters. The van der Waals surface area contributed by atoms with Gasteiger partial charge in [-0.3, -0.25) is 25.2 Å². The summed E-state index contributed by atoms with van der Waals surface area (Å²) in [5.74, 6) is -0.969. The van der Waals surface area contributed by atoms with Gasteiger partial charge >= 0.3 is 0 Å². The summed E-state index contributed by atoms with van der Waals surface area (Å²) in [4.78, 5) is 35.5. The molecular weight excluding hydrogens is 422 g/mol. The smallest absolute Gasteiger partial charge is 0.269 e. The molecule has 2 aromatic carbocycles. The summed E-state index contributed by atoms with van der Waals surface area (Å²) in [6, 6.07) is 13.3. The fourth-order valence-corrected chi connectivity index (χ4v) is 2.41. The Labute approximate surface area is 164 Å². The fraction of sp³-hybridized carbons (Fsp3) is 0.167. The number of amides is 3. The minimum Gasteiger partial charge on any atom is -0.352 e. The van der Waals surface area contributed by atoms with Crippen LogP contribution in [0.25, 0.3) is 0 Å². The summed E-state index contributed by atoms with van der Waals surface area (Å²) in [5.41, 5.74) is 5.62. The highest BCUT2D eigenvalue weighted by Gasteiger charge is 2.08. The standard InChI is InChI=1S/C18H17BrClN3O3/c19-14-7-3-13(4-8-14)18(26)23-22-16(24)2-1-11-21-17(25)12-5-9-15(20)10-6-12/h3-10H,1-2,11H2,(H,21,25)(H,22,24)(H,23,26). The van der Waals surface area contributed by atoms with Gasteiger partial charge in [0.2, 0.25) is 5.91 Å². The van der Waals surface area contributed by atoms with Crippen molar-refractivity contribution in [3.05, 3.63) is 69.2 Å². The van der Waals surface area contributed by atoms with Gasteiger partial charge in [-0.1, -0.05) is 27.5 Å². The number of carbonyl (C=O) groups is 3. The zero-order chi connectivity index (χ0) is 18.9. The summed E-state index contributed by atoms with van der Waals surface area (Å²) >= 11 is 9.05. The first-order valence-corrected chi connectivity index (χ1v) is 9.01. The summed E-state index contributed by atoms with van der Waals surface area (Å²) in [6.07, 6.45) is 0.612. The molecule has 3 amide bonds. The highest BCUT2D eigenvalue weighted by atomic mass is 79.9. The Kier molecular flexibility index (Phi) is 7.62. The second-order valence-corrected chi connectivity index (χ2v) is 6.73. The summed E-state index contributed by atoms with van der Waals surface area (Å²) in [7, 11) is 0. The summed E-state index contributed by atoms with van der Waals surface area (Å²) < 4.78 is 0.860. The zero-order valence-electron chi connectivity index (χ0n) is 13.7. The molecule has 2 aromatic rings. The SMILES string of the molecule is O=C(CCCNC(=O)c1ccc(Cl)cc1)NNC(=O)c1ccc(Br)cc1. The zero-order valence-corrected chi connectivity index (χ0v) is 16.1. The number of carbonyl (C=O) groups excluding carboxylic acids is 3. The van der Waals surface area contributed by atoms with Gasteiger partial charge in [0, 0.05) is 33.6 Å². The molecule has 0 radical (unpaired) electrons. The Bertz CT molecular complexity index is 779. The van der Waals surface area contributed by atoms with Crippen LogP contribution in [-0.4, -0.2) is 24.3 Å². The van der Waals surface area contributed by atoms with Gasteiger partial charge in [0.25, 0.3) is 11.8 Å². The number of benzene rings is 2. The van der Waals surface area contributed by atoms with Gasteiger partial charge in [0.1, 0.15) is 0 Å². The van der Waals surface area contributed by atoms with Crippen molar-refractivity contribution < 1.29 is 14.4 Å². The van der Waals surface area contributed by atoms with Crippen LogP contribution in [0.3, 0.4) is 0 Å². The van der Waals surface area contributed by atoms with E-state index in [0.717, 1.165) is 4.47 Å². The number of hydrazine groups is 1. The second-order valence-electron chi connectivity index (χ2n) is 5.38. The lowest BCUT2D eigenvalue weighted by molar-refractivity contribution is -0.121. The lowest BCUT2D eigenvalue weighted by atomic mass is 10.2. The molecule has 0 spiro atoms. The van der Waals surface area contributed by atoms with Crippen LogP contribution in [0.2, 0.25) is 5.02 Å². The molecule has 136 valence electrons. The monoisotopic (exact) mass is 437 g/mol. The minimum absolute atomic E-state index is 0.168. The topological polar surface area (TPSA) is 87.3 Å². The Morgan fingerprint density at radius 2 is 1.42 bits per heavy atom. The van der Waals surface area contributed by atoms with Gasteiger partial charge in [-0.05, 0) is 55.0 Å². The lowest BCUT2D eigenvalue weighted by Gasteiger charge is -2.08. The van der Waals surface area contributed by atoms with Crippen LogP contribution in [-0.2, 0) is 4.79 Å². The number of hydrogen-bond donors (Lipinski definition) is 3. The number of hydrogen-bond acceptors (Lipinski definition) is 3. The Balaban J connectivity index is 1.64. The van der Waals surface area contributed by atoms with E-state index in [9.17, 15) is 14.4 Å². The van der Waals surface area contributed by atoms with Crippen molar-refractivity contribution in [3.63, 3.8) is 0 Å². The maximum atomic E-state index is 11.9. The highest BCUT2D eigenvalue weighted by Crippen LogP contribution is 2.10. The average molecular weight is 439 g/mol. The predicted molar refractivity (Wildman–Crippen MR) is 103 cm³/mol. The lowest BCUT2D eigenvalue weighted by Crippen LogP contribution is -2.41. The van der Waals surface area contributed by atoms with Crippen molar-refractivity contribution in [1.29, 1.82) is 0 Å². The Hall–Kier alpha value is -2.38. The van der Waals surface area contributed by atoms with Gasteiger partial charge in [-0.2, -0.15) is 0 Å². The predicted octanol–water partition coefficient (Wildman–Crippen LogP) is 3.07. The fourth-order valence-electron chi connectivity index (χ4n) is 2.02. The van der Waals surface area contributed by atoms with Crippen LogP contribution in [0.5, 0.6) is 0 Å². The quantitative estimate of drug-likeness (QED) is 0.478. The van der Waals surface area contributed by atoms with Crippen molar-refractivity contribution in [2.75, 3.05) is 6.54 Å². The molecule has 8 heteroatoms. The van der Waals surface area contributed by atoms with Gasteiger partial charge in [-0.25, -0.2) is 0 Å².